The van der Waals surface area contributed by atoms with Gasteiger partial charge in [-0.05, 0) is 19.1 Å². The molecule has 0 fully saturated rings. The van der Waals surface area contributed by atoms with Crippen LogP contribution in [-0.2, 0) is 13.6 Å². The first-order valence-electron chi connectivity index (χ1n) is 5.85. The summed E-state index contributed by atoms with van der Waals surface area (Å²) in [7, 11) is -2.60. The monoisotopic (exact) mass is 315 g/mol. The van der Waals surface area contributed by atoms with Crippen molar-refractivity contribution < 1.29 is 13.6 Å². The Morgan fingerprint density at radius 2 is 1.47 bits per heavy atom. The Balaban J connectivity index is 3.85. The number of hydrogen-bond acceptors (Lipinski definition) is 3. The zero-order chi connectivity index (χ0) is 13.7. The predicted molar refractivity (Wildman–Crippen MR) is 81.2 cm³/mol. The zero-order valence-electron chi connectivity index (χ0n) is 11.6. The highest BCUT2D eigenvalue weighted by Crippen LogP contribution is 2.54. The van der Waals surface area contributed by atoms with Crippen LogP contribution in [0.1, 0.15) is 0 Å². The van der Waals surface area contributed by atoms with E-state index in [1.54, 1.807) is 0 Å². The van der Waals surface area contributed by atoms with E-state index >= 15 is 0 Å². The first kappa shape index (κ1) is 17.7. The van der Waals surface area contributed by atoms with Crippen molar-refractivity contribution in [2.24, 2.45) is 0 Å². The lowest BCUT2D eigenvalue weighted by Gasteiger charge is -2.17. The Morgan fingerprint density at radius 3 is 1.82 bits per heavy atom. The molecule has 0 aliphatic carbocycles. The van der Waals surface area contributed by atoms with Crippen LogP contribution in [0.2, 0.25) is 44.8 Å². The fourth-order valence-electron chi connectivity index (χ4n) is 0.929. The van der Waals surface area contributed by atoms with Crippen molar-refractivity contribution in [3.05, 3.63) is 6.55 Å². The maximum atomic E-state index is 11.7. The molecule has 0 saturated carbocycles. The molecule has 0 aliphatic rings. The van der Waals surface area contributed by atoms with Crippen molar-refractivity contribution >= 4 is 34.3 Å². The molecule has 0 radical (unpaired) electrons. The van der Waals surface area contributed by atoms with Gasteiger partial charge in [-0.3, -0.25) is 9.05 Å². The van der Waals surface area contributed by atoms with E-state index in [1.807, 2.05) is 0 Å². The van der Waals surface area contributed by atoms with Gasteiger partial charge in [-0.2, -0.15) is 0 Å². The van der Waals surface area contributed by atoms with Gasteiger partial charge in [0.15, 0.2) is 0 Å². The standard InChI is InChI=1S/C10H25ClO3PSi2/c1-16(2,3)9-7-13-15(11,12)14-8-10-17(4,5)6/h1,7-10H2,2-6H3/q+1. The van der Waals surface area contributed by atoms with Gasteiger partial charge in [0, 0.05) is 31.9 Å². The highest BCUT2D eigenvalue weighted by atomic mass is 35.7. The van der Waals surface area contributed by atoms with E-state index in [1.165, 1.54) is 0 Å². The molecule has 0 aliphatic heterocycles. The normalized spacial score (nSPS) is 16.8. The third-order valence-corrected chi connectivity index (χ3v) is 6.95. The molecule has 1 unspecified atom stereocenters. The first-order valence-corrected chi connectivity index (χ1v) is 15.4. The van der Waals surface area contributed by atoms with E-state index in [4.69, 9.17) is 20.3 Å². The fourth-order valence-corrected chi connectivity index (χ4v) is 3.75. The van der Waals surface area contributed by atoms with Crippen molar-refractivity contribution in [1.29, 1.82) is 0 Å². The van der Waals surface area contributed by atoms with Gasteiger partial charge in [0.05, 0.1) is 13.2 Å². The summed E-state index contributed by atoms with van der Waals surface area (Å²) in [6.07, 6.45) is 0. The van der Waals surface area contributed by atoms with Gasteiger partial charge in [-0.1, -0.05) is 19.6 Å². The Bertz CT molecular complexity index is 250. The molecule has 0 heterocycles. The highest BCUT2D eigenvalue weighted by Gasteiger charge is 2.27. The first-order chi connectivity index (χ1) is 7.41. The second-order valence-electron chi connectivity index (χ2n) is 6.32. The Morgan fingerprint density at radius 1 is 1.06 bits per heavy atom. The highest BCUT2D eigenvalue weighted by molar-refractivity contribution is 7.81. The lowest BCUT2D eigenvalue weighted by atomic mass is 10.9. The van der Waals surface area contributed by atoms with Crippen LogP contribution in [-0.4, -0.2) is 29.4 Å². The molecule has 3 nitrogen and oxygen atoms in total. The third-order valence-electron chi connectivity index (χ3n) is 2.12. The molecular weight excluding hydrogens is 291 g/mol. The van der Waals surface area contributed by atoms with E-state index in [0.29, 0.717) is 13.2 Å². The topological polar surface area (TPSA) is 35.5 Å². The quantitative estimate of drug-likeness (QED) is 0.367. The van der Waals surface area contributed by atoms with Gasteiger partial charge in [-0.25, -0.2) is 4.57 Å². The van der Waals surface area contributed by atoms with Crippen LogP contribution in [0.25, 0.3) is 0 Å². The van der Waals surface area contributed by atoms with Crippen LogP contribution in [0.3, 0.4) is 0 Å². The minimum Gasteiger partial charge on any atom is -0.297 e. The number of hydrogen-bond donors (Lipinski definition) is 0. The Hall–Kier alpha value is 0.744. The van der Waals surface area contributed by atoms with E-state index < -0.39 is 23.1 Å². The number of halogens is 1. The van der Waals surface area contributed by atoms with E-state index in [-0.39, 0.29) is 0 Å². The molecule has 1 atom stereocenters. The SMILES string of the molecule is [CH2+][Si](C)(C)CCOP(=O)(Cl)OCC[Si](C)(C)C. The van der Waals surface area contributed by atoms with Crippen molar-refractivity contribution in [2.75, 3.05) is 13.2 Å². The summed E-state index contributed by atoms with van der Waals surface area (Å²) in [5, 5.41) is 0. The smallest absolute Gasteiger partial charge is 0.297 e. The molecule has 7 heteroatoms. The minimum absolute atomic E-state index is 0.371. The molecule has 0 saturated heterocycles. The van der Waals surface area contributed by atoms with Gasteiger partial charge >= 0.3 is 6.95 Å². The summed E-state index contributed by atoms with van der Waals surface area (Å²) in [4.78, 5) is 0. The largest absolute Gasteiger partial charge is 0.424 e. The van der Waals surface area contributed by atoms with Gasteiger partial charge in [0.25, 0.3) is 8.07 Å². The number of rotatable bonds is 8. The van der Waals surface area contributed by atoms with Crippen molar-refractivity contribution in [3.63, 3.8) is 0 Å². The average molecular weight is 316 g/mol. The molecule has 0 aromatic carbocycles. The molecule has 0 rings (SSSR count). The van der Waals surface area contributed by atoms with Crippen molar-refractivity contribution in [1.82, 2.24) is 0 Å². The van der Waals surface area contributed by atoms with Crippen LogP contribution in [0, 0.1) is 6.55 Å². The molecule has 102 valence electrons. The van der Waals surface area contributed by atoms with Gasteiger partial charge in [0.2, 0.25) is 0 Å². The zero-order valence-corrected chi connectivity index (χ0v) is 15.2. The molecular formula is C10H25ClO3PSi2+. The Labute approximate surface area is 113 Å². The molecule has 0 aromatic heterocycles. The van der Waals surface area contributed by atoms with E-state index in [9.17, 15) is 4.57 Å². The van der Waals surface area contributed by atoms with Crippen LogP contribution in [0.5, 0.6) is 0 Å². The van der Waals surface area contributed by atoms with Crippen LogP contribution in [0.15, 0.2) is 0 Å². The second kappa shape index (κ2) is 6.78. The van der Waals surface area contributed by atoms with Gasteiger partial charge in [0.1, 0.15) is 0 Å². The minimum atomic E-state index is -3.38. The molecule has 0 aromatic rings. The molecule has 0 amide bonds. The lowest BCUT2D eigenvalue weighted by Crippen LogP contribution is -2.22. The average Bonchev–Trinajstić information content (AvgIpc) is 1.96. The molecule has 0 spiro atoms. The molecule has 0 bridgehead atoms. The van der Waals surface area contributed by atoms with E-state index in [0.717, 1.165) is 12.1 Å². The summed E-state index contributed by atoms with van der Waals surface area (Å²) < 4.78 is 22.0. The van der Waals surface area contributed by atoms with E-state index in [2.05, 4.69) is 39.3 Å². The predicted octanol–water partition coefficient (Wildman–Crippen LogP) is 4.79. The fraction of sp³-hybridized carbons (Fsp3) is 0.900. The summed E-state index contributed by atoms with van der Waals surface area (Å²) in [6, 6.07) is 1.77. The van der Waals surface area contributed by atoms with Crippen LogP contribution >= 0.6 is 18.2 Å². The van der Waals surface area contributed by atoms with Gasteiger partial charge in [-0.15, -0.1) is 0 Å². The molecule has 0 N–H and O–H groups in total. The van der Waals surface area contributed by atoms with Gasteiger partial charge < -0.3 is 0 Å². The summed E-state index contributed by atoms with van der Waals surface area (Å²) >= 11 is 5.72. The maximum absolute atomic E-state index is 11.7. The maximum Gasteiger partial charge on any atom is 0.424 e. The van der Waals surface area contributed by atoms with Crippen molar-refractivity contribution in [2.45, 2.75) is 44.8 Å². The van der Waals surface area contributed by atoms with Crippen LogP contribution < -0.4 is 0 Å². The summed E-state index contributed by atoms with van der Waals surface area (Å²) in [6.45, 7) is 12.4. The van der Waals surface area contributed by atoms with Crippen molar-refractivity contribution in [3.8, 4) is 0 Å². The lowest BCUT2D eigenvalue weighted by molar-refractivity contribution is 0.234. The summed E-state index contributed by atoms with van der Waals surface area (Å²) in [5.41, 5.74) is 0. The molecule has 17 heavy (non-hydrogen) atoms. The Kier molecular flexibility index (Phi) is 7.08. The summed E-state index contributed by atoms with van der Waals surface area (Å²) in [5.74, 6) is 0. The van der Waals surface area contributed by atoms with Crippen LogP contribution in [0.4, 0.5) is 0 Å². The second-order valence-corrected chi connectivity index (χ2v) is 19.4. The third kappa shape index (κ3) is 13.0.